The monoisotopic (exact) mass is 860 g/mol. The van der Waals surface area contributed by atoms with Crippen LogP contribution in [0.5, 0.6) is 0 Å². The highest BCUT2D eigenvalue weighted by Gasteiger charge is 2.42. The Morgan fingerprint density at radius 2 is 0.955 bits per heavy atom. The van der Waals surface area contributed by atoms with E-state index in [1.165, 1.54) is 120 Å². The van der Waals surface area contributed by atoms with E-state index in [1.54, 1.807) is 0 Å². The molecule has 1 fully saturated rings. The third kappa shape index (κ3) is 6.21. The van der Waals surface area contributed by atoms with Crippen LogP contribution >= 0.6 is 0 Å². The van der Waals surface area contributed by atoms with Gasteiger partial charge in [-0.1, -0.05) is 176 Å². The summed E-state index contributed by atoms with van der Waals surface area (Å²) < 4.78 is 12.1. The van der Waals surface area contributed by atoms with Gasteiger partial charge < -0.3 is 9.47 Å². The van der Waals surface area contributed by atoms with Crippen molar-refractivity contribution in [1.29, 1.82) is 0 Å². The van der Waals surface area contributed by atoms with E-state index in [0.717, 1.165) is 39.1 Å². The molecular formula is C64H60O2. The molecule has 1 aliphatic carbocycles. The minimum atomic E-state index is -0.400. The molecule has 0 aromatic heterocycles. The van der Waals surface area contributed by atoms with E-state index in [0.29, 0.717) is 6.61 Å². The minimum Gasteiger partial charge on any atom is -0.381 e. The summed E-state index contributed by atoms with van der Waals surface area (Å²) in [4.78, 5) is 0. The number of allylic oxidation sites excluding steroid dienone is 1. The Labute approximate surface area is 389 Å². The van der Waals surface area contributed by atoms with Crippen molar-refractivity contribution in [2.24, 2.45) is 5.41 Å². The van der Waals surface area contributed by atoms with E-state index in [2.05, 4.69) is 188 Å². The molecular weight excluding hydrogens is 801 g/mol. The first-order valence-electron chi connectivity index (χ1n) is 24.3. The molecule has 0 bridgehead atoms. The van der Waals surface area contributed by atoms with E-state index in [4.69, 9.17) is 16.1 Å². The van der Waals surface area contributed by atoms with Gasteiger partial charge in [0.1, 0.15) is 0 Å². The zero-order valence-corrected chi connectivity index (χ0v) is 39.8. The van der Waals surface area contributed by atoms with Crippen LogP contribution in [0.4, 0.5) is 0 Å². The number of rotatable bonds is 10. The minimum absolute atomic E-state index is 0.0735. The van der Waals surface area contributed by atoms with Crippen LogP contribution in [0, 0.1) is 5.41 Å². The number of hydrogen-bond acceptors (Lipinski definition) is 2. The standard InChI is InChI=1S/C64H60O2/c1-9-63(37-66-38-63)36-65-29-11-28-64(10-2)55-34-41(49-22-16-39-12-14-43-30-47(61(3,4)5)32-45-20-26-53(49)59(39)57(43)45)18-24-51(55)52-25-19-42(35-56(52)64)50-23-17-40-13-15-44-31-48(62(6,7)8)33-46-21-27-54(50)60(40)58(44)46/h10,12-27,30-35H,2,9,11,28-29,36-38H2,1,3-8H3. The average Bonchev–Trinajstić information content (AvgIpc) is 3.57. The molecule has 1 aliphatic heterocycles. The fourth-order valence-corrected chi connectivity index (χ4v) is 11.9. The predicted octanol–water partition coefficient (Wildman–Crippen LogP) is 17.1. The van der Waals surface area contributed by atoms with E-state index < -0.39 is 5.41 Å². The predicted molar refractivity (Wildman–Crippen MR) is 282 cm³/mol. The van der Waals surface area contributed by atoms with Gasteiger partial charge in [0.2, 0.25) is 0 Å². The van der Waals surface area contributed by atoms with Crippen molar-refractivity contribution in [3.05, 3.63) is 168 Å². The Hall–Kier alpha value is -6.06. The van der Waals surface area contributed by atoms with Crippen LogP contribution in [0.15, 0.2) is 146 Å². The summed E-state index contributed by atoms with van der Waals surface area (Å²) in [5, 5.41) is 15.9. The molecule has 0 spiro atoms. The van der Waals surface area contributed by atoms with E-state index in [-0.39, 0.29) is 16.2 Å². The normalized spacial score (nSPS) is 15.7. The fraction of sp³-hybridized carbons (Fsp3) is 0.281. The molecule has 0 amide bonds. The summed E-state index contributed by atoms with van der Waals surface area (Å²) in [7, 11) is 0. The molecule has 0 atom stereocenters. The van der Waals surface area contributed by atoms with E-state index in [1.807, 2.05) is 0 Å². The second kappa shape index (κ2) is 14.7. The molecule has 12 rings (SSSR count). The van der Waals surface area contributed by atoms with Gasteiger partial charge in [-0.15, -0.1) is 6.58 Å². The summed E-state index contributed by atoms with van der Waals surface area (Å²) >= 11 is 0. The van der Waals surface area contributed by atoms with Crippen molar-refractivity contribution in [2.75, 3.05) is 26.4 Å². The molecule has 1 saturated heterocycles. The summed E-state index contributed by atoms with van der Waals surface area (Å²) in [6.45, 7) is 23.9. The first-order chi connectivity index (χ1) is 31.8. The Kier molecular flexibility index (Phi) is 9.23. The van der Waals surface area contributed by atoms with Crippen LogP contribution in [-0.4, -0.2) is 26.4 Å². The van der Waals surface area contributed by atoms with Crippen LogP contribution in [0.2, 0.25) is 0 Å². The van der Waals surface area contributed by atoms with Crippen LogP contribution in [-0.2, 0) is 25.7 Å². The molecule has 0 saturated carbocycles. The highest BCUT2D eigenvalue weighted by molar-refractivity contribution is 6.27. The second-order valence-electron chi connectivity index (χ2n) is 22.1. The molecule has 2 aliphatic rings. The lowest BCUT2D eigenvalue weighted by Crippen LogP contribution is -2.45. The Morgan fingerprint density at radius 3 is 1.36 bits per heavy atom. The average molecular weight is 861 g/mol. The largest absolute Gasteiger partial charge is 0.381 e. The second-order valence-corrected chi connectivity index (χ2v) is 22.1. The third-order valence-corrected chi connectivity index (χ3v) is 16.0. The zero-order valence-electron chi connectivity index (χ0n) is 39.8. The van der Waals surface area contributed by atoms with Crippen molar-refractivity contribution in [3.63, 3.8) is 0 Å². The summed E-state index contributed by atoms with van der Waals surface area (Å²) in [5.41, 5.74) is 13.0. The Balaban J connectivity index is 0.990. The molecule has 1 heterocycles. The molecule has 0 unspecified atom stereocenters. The first kappa shape index (κ1) is 41.4. The van der Waals surface area contributed by atoms with Crippen molar-refractivity contribution < 1.29 is 9.47 Å². The van der Waals surface area contributed by atoms with Gasteiger partial charge in [0.25, 0.3) is 0 Å². The van der Waals surface area contributed by atoms with Gasteiger partial charge in [0, 0.05) is 17.4 Å². The molecule has 10 aromatic carbocycles. The highest BCUT2D eigenvalue weighted by atomic mass is 16.5. The van der Waals surface area contributed by atoms with Crippen LogP contribution in [0.3, 0.4) is 0 Å². The van der Waals surface area contributed by atoms with Gasteiger partial charge in [-0.3, -0.25) is 0 Å². The molecule has 2 heteroatoms. The van der Waals surface area contributed by atoms with E-state index in [9.17, 15) is 0 Å². The summed E-state index contributed by atoms with van der Waals surface area (Å²) in [6, 6.07) is 52.2. The number of benzene rings is 10. The molecule has 328 valence electrons. The zero-order chi connectivity index (χ0) is 45.3. The van der Waals surface area contributed by atoms with Crippen molar-refractivity contribution >= 4 is 64.6 Å². The fourth-order valence-electron chi connectivity index (χ4n) is 11.9. The van der Waals surface area contributed by atoms with Gasteiger partial charge >= 0.3 is 0 Å². The van der Waals surface area contributed by atoms with Gasteiger partial charge in [-0.25, -0.2) is 0 Å². The first-order valence-corrected chi connectivity index (χ1v) is 24.3. The summed E-state index contributed by atoms with van der Waals surface area (Å²) in [5.74, 6) is 0. The molecule has 66 heavy (non-hydrogen) atoms. The van der Waals surface area contributed by atoms with Crippen molar-refractivity contribution in [1.82, 2.24) is 0 Å². The maximum atomic E-state index is 6.49. The van der Waals surface area contributed by atoms with Crippen molar-refractivity contribution in [3.8, 4) is 33.4 Å². The Morgan fingerprint density at radius 1 is 0.530 bits per heavy atom. The van der Waals surface area contributed by atoms with Crippen LogP contribution in [0.1, 0.15) is 90.0 Å². The Bertz CT molecular complexity index is 3310. The molecule has 0 N–H and O–H groups in total. The smallest absolute Gasteiger partial charge is 0.0566 e. The molecule has 10 aromatic rings. The number of hydrogen-bond donors (Lipinski definition) is 0. The summed E-state index contributed by atoms with van der Waals surface area (Å²) in [6.07, 6.45) is 5.16. The number of fused-ring (bicyclic) bond motifs is 3. The maximum absolute atomic E-state index is 6.49. The lowest BCUT2D eigenvalue weighted by atomic mass is 9.73. The van der Waals surface area contributed by atoms with Crippen molar-refractivity contribution in [2.45, 2.75) is 84.0 Å². The maximum Gasteiger partial charge on any atom is 0.0566 e. The SMILES string of the molecule is C=CC1(CCCOCC2(CC)COC2)c2cc(-c3ccc4ccc5cc(C(C)(C)C)cc6ccc3c4c56)ccc2-c2ccc(-c3ccc4ccc5cc(C(C)(C)C)cc6ccc3c4c56)cc21. The van der Waals surface area contributed by atoms with Gasteiger partial charge in [-0.2, -0.15) is 0 Å². The molecule has 2 nitrogen and oxygen atoms in total. The van der Waals surface area contributed by atoms with Gasteiger partial charge in [-0.05, 0) is 162 Å². The third-order valence-electron chi connectivity index (χ3n) is 16.0. The van der Waals surface area contributed by atoms with Crippen LogP contribution < -0.4 is 0 Å². The molecule has 0 radical (unpaired) electrons. The quantitative estimate of drug-likeness (QED) is 0.0775. The van der Waals surface area contributed by atoms with Crippen LogP contribution in [0.25, 0.3) is 98.0 Å². The van der Waals surface area contributed by atoms with E-state index >= 15 is 0 Å². The topological polar surface area (TPSA) is 18.5 Å². The number of ether oxygens (including phenoxy) is 2. The highest BCUT2D eigenvalue weighted by Crippen LogP contribution is 2.55. The lowest BCUT2D eigenvalue weighted by Gasteiger charge is -2.40. The van der Waals surface area contributed by atoms with Gasteiger partial charge in [0.15, 0.2) is 0 Å². The van der Waals surface area contributed by atoms with Gasteiger partial charge in [0.05, 0.1) is 19.8 Å². The lowest BCUT2D eigenvalue weighted by molar-refractivity contribution is -0.150.